The lowest BCUT2D eigenvalue weighted by atomic mass is 9.60. The Balaban J connectivity index is 2.57. The van der Waals surface area contributed by atoms with Gasteiger partial charge in [0.1, 0.15) is 0 Å². The average molecular weight is 346 g/mol. The minimum Gasteiger partial charge on any atom is -0.351 e. The summed E-state index contributed by atoms with van der Waals surface area (Å²) in [6.45, 7) is 9.10. The first-order chi connectivity index (χ1) is 11.4. The van der Waals surface area contributed by atoms with Gasteiger partial charge in [0, 0.05) is 10.4 Å². The molecule has 0 saturated carbocycles. The van der Waals surface area contributed by atoms with Crippen LogP contribution in [0, 0.1) is 11.3 Å². The molecule has 3 unspecified atom stereocenters. The van der Waals surface area contributed by atoms with E-state index in [1.54, 1.807) is 0 Å². The van der Waals surface area contributed by atoms with Gasteiger partial charge in [0.25, 0.3) is 0 Å². The van der Waals surface area contributed by atoms with Crippen molar-refractivity contribution in [3.05, 3.63) is 59.2 Å². The second-order valence-corrected chi connectivity index (χ2v) is 7.95. The molecular formula is C21H28ClNO. The quantitative estimate of drug-likeness (QED) is 0.669. The number of hydrogen-bond donors (Lipinski definition) is 1. The van der Waals surface area contributed by atoms with Crippen molar-refractivity contribution in [1.82, 2.24) is 5.32 Å². The molecule has 0 spiro atoms. The molecule has 2 nitrogen and oxygen atoms in total. The Morgan fingerprint density at radius 1 is 1.33 bits per heavy atom. The van der Waals surface area contributed by atoms with Crippen LogP contribution in [0.3, 0.4) is 0 Å². The monoisotopic (exact) mass is 345 g/mol. The number of amides is 1. The fourth-order valence-corrected chi connectivity index (χ4v) is 4.17. The highest BCUT2D eigenvalue weighted by atomic mass is 35.5. The second-order valence-electron chi connectivity index (χ2n) is 7.54. The van der Waals surface area contributed by atoms with Crippen molar-refractivity contribution in [2.24, 2.45) is 11.3 Å². The largest absolute Gasteiger partial charge is 0.351 e. The number of benzene rings is 1. The van der Waals surface area contributed by atoms with Gasteiger partial charge in [-0.15, -0.1) is 0 Å². The van der Waals surface area contributed by atoms with Crippen molar-refractivity contribution in [2.45, 2.75) is 52.0 Å². The maximum absolute atomic E-state index is 11.2. The predicted octanol–water partition coefficient (Wildman–Crippen LogP) is 5.28. The van der Waals surface area contributed by atoms with Gasteiger partial charge >= 0.3 is 0 Å². The van der Waals surface area contributed by atoms with Crippen LogP contribution in [0.25, 0.3) is 0 Å². The molecule has 2 rings (SSSR count). The third-order valence-corrected chi connectivity index (χ3v) is 5.85. The van der Waals surface area contributed by atoms with Gasteiger partial charge in [-0.2, -0.15) is 0 Å². The molecule has 24 heavy (non-hydrogen) atoms. The smallest absolute Gasteiger partial charge is 0.207 e. The molecule has 0 heterocycles. The van der Waals surface area contributed by atoms with Crippen LogP contribution in [0.15, 0.2) is 48.6 Å². The molecule has 0 fully saturated rings. The summed E-state index contributed by atoms with van der Waals surface area (Å²) in [6, 6.07) is 7.87. The first-order valence-electron chi connectivity index (χ1n) is 8.68. The molecule has 3 heteroatoms. The highest BCUT2D eigenvalue weighted by Gasteiger charge is 2.45. The van der Waals surface area contributed by atoms with Gasteiger partial charge < -0.3 is 5.32 Å². The lowest BCUT2D eigenvalue weighted by Gasteiger charge is -2.46. The number of carbonyl (C=O) groups is 1. The number of hydrogen-bond acceptors (Lipinski definition) is 1. The summed E-state index contributed by atoms with van der Waals surface area (Å²) >= 11 is 6.59. The number of rotatable bonds is 7. The van der Waals surface area contributed by atoms with Crippen molar-refractivity contribution >= 4 is 18.0 Å². The molecule has 0 aromatic heterocycles. The number of carbonyl (C=O) groups excluding carboxylic acids is 1. The third kappa shape index (κ3) is 3.59. The molecule has 1 aliphatic rings. The number of allylic oxidation sites excluding steroid dienone is 2. The molecule has 1 aromatic carbocycles. The number of nitrogens with one attached hydrogen (secondary N) is 1. The minimum absolute atomic E-state index is 0.109. The van der Waals surface area contributed by atoms with Crippen molar-refractivity contribution in [1.29, 1.82) is 0 Å². The Labute approximate surface area is 151 Å². The maximum atomic E-state index is 11.2. The van der Waals surface area contributed by atoms with E-state index in [1.165, 1.54) is 0 Å². The zero-order chi connectivity index (χ0) is 17.8. The van der Waals surface area contributed by atoms with Gasteiger partial charge in [-0.25, -0.2) is 0 Å². The van der Waals surface area contributed by atoms with Crippen LogP contribution >= 0.6 is 11.6 Å². The molecule has 1 aromatic rings. The van der Waals surface area contributed by atoms with Crippen LogP contribution in [-0.2, 0) is 10.2 Å². The van der Waals surface area contributed by atoms with Crippen molar-refractivity contribution < 1.29 is 4.79 Å². The standard InChI is InChI=1S/C21H28ClNO/c1-5-20(3,4)14-16(2)21(17-10-6-7-11-18(17)22)13-9-8-12-19(21)23-15-24/h6-13,15-16,19H,5,14H2,1-4H3,(H,23,24). The summed E-state index contributed by atoms with van der Waals surface area (Å²) in [4.78, 5) is 11.2. The van der Waals surface area contributed by atoms with Crippen LogP contribution in [0.4, 0.5) is 0 Å². The van der Waals surface area contributed by atoms with Crippen LogP contribution in [-0.4, -0.2) is 12.5 Å². The summed E-state index contributed by atoms with van der Waals surface area (Å²) in [6.07, 6.45) is 11.3. The van der Waals surface area contributed by atoms with E-state index in [4.69, 9.17) is 11.6 Å². The molecule has 0 aliphatic heterocycles. The molecular weight excluding hydrogens is 318 g/mol. The van der Waals surface area contributed by atoms with E-state index >= 15 is 0 Å². The normalized spacial score (nSPS) is 24.6. The van der Waals surface area contributed by atoms with Gasteiger partial charge in [-0.1, -0.05) is 88.2 Å². The van der Waals surface area contributed by atoms with Crippen LogP contribution in [0.1, 0.15) is 46.1 Å². The van der Waals surface area contributed by atoms with E-state index in [0.717, 1.165) is 29.8 Å². The summed E-state index contributed by atoms with van der Waals surface area (Å²) in [5.74, 6) is 0.311. The molecule has 1 amide bonds. The van der Waals surface area contributed by atoms with Crippen LogP contribution in [0.2, 0.25) is 5.02 Å². The SMILES string of the molecule is CCC(C)(C)CC(C)C1(c2ccccc2Cl)C=CC=CC1NC=O. The molecule has 3 atom stereocenters. The Kier molecular flexibility index (Phi) is 5.92. The van der Waals surface area contributed by atoms with Crippen LogP contribution in [0.5, 0.6) is 0 Å². The first kappa shape index (κ1) is 18.8. The van der Waals surface area contributed by atoms with E-state index in [0.29, 0.717) is 5.92 Å². The average Bonchev–Trinajstić information content (AvgIpc) is 2.56. The fourth-order valence-electron chi connectivity index (χ4n) is 3.87. The van der Waals surface area contributed by atoms with E-state index < -0.39 is 0 Å². The van der Waals surface area contributed by atoms with Gasteiger partial charge in [-0.05, 0) is 29.4 Å². The van der Waals surface area contributed by atoms with E-state index in [2.05, 4.69) is 57.3 Å². The summed E-state index contributed by atoms with van der Waals surface area (Å²) in [5, 5.41) is 3.76. The van der Waals surface area contributed by atoms with Gasteiger partial charge in [0.15, 0.2) is 0 Å². The highest BCUT2D eigenvalue weighted by Crippen LogP contribution is 2.47. The summed E-state index contributed by atoms with van der Waals surface area (Å²) in [7, 11) is 0. The van der Waals surface area contributed by atoms with Crippen molar-refractivity contribution in [3.8, 4) is 0 Å². The van der Waals surface area contributed by atoms with E-state index in [-0.39, 0.29) is 16.9 Å². The van der Waals surface area contributed by atoms with Gasteiger partial charge in [0.2, 0.25) is 6.41 Å². The Hall–Kier alpha value is -1.54. The molecule has 0 radical (unpaired) electrons. The summed E-state index contributed by atoms with van der Waals surface area (Å²) < 4.78 is 0. The Morgan fingerprint density at radius 3 is 2.67 bits per heavy atom. The minimum atomic E-state index is -0.347. The zero-order valence-corrected chi connectivity index (χ0v) is 15.8. The Morgan fingerprint density at radius 2 is 2.04 bits per heavy atom. The second kappa shape index (κ2) is 7.57. The topological polar surface area (TPSA) is 29.1 Å². The Bertz CT molecular complexity index is 634. The first-order valence-corrected chi connectivity index (χ1v) is 9.06. The zero-order valence-electron chi connectivity index (χ0n) is 15.1. The molecule has 1 aliphatic carbocycles. The predicted molar refractivity (Wildman–Crippen MR) is 102 cm³/mol. The molecule has 1 N–H and O–H groups in total. The molecule has 0 bridgehead atoms. The van der Waals surface area contributed by atoms with E-state index in [1.807, 2.05) is 24.3 Å². The molecule has 130 valence electrons. The maximum Gasteiger partial charge on any atom is 0.207 e. The van der Waals surface area contributed by atoms with Crippen molar-refractivity contribution in [3.63, 3.8) is 0 Å². The molecule has 0 saturated heterocycles. The fraction of sp³-hybridized carbons (Fsp3) is 0.476. The third-order valence-electron chi connectivity index (χ3n) is 5.52. The number of halogens is 1. The van der Waals surface area contributed by atoms with Crippen LogP contribution < -0.4 is 5.32 Å². The van der Waals surface area contributed by atoms with Crippen molar-refractivity contribution in [2.75, 3.05) is 0 Å². The van der Waals surface area contributed by atoms with Gasteiger partial charge in [0.05, 0.1) is 6.04 Å². The lowest BCUT2D eigenvalue weighted by molar-refractivity contribution is -0.110. The highest BCUT2D eigenvalue weighted by molar-refractivity contribution is 6.31. The van der Waals surface area contributed by atoms with E-state index in [9.17, 15) is 4.79 Å². The van der Waals surface area contributed by atoms with Gasteiger partial charge in [-0.3, -0.25) is 4.79 Å². The summed E-state index contributed by atoms with van der Waals surface area (Å²) in [5.41, 5.74) is 0.959. The lowest BCUT2D eigenvalue weighted by Crippen LogP contribution is -2.51.